The second-order valence-electron chi connectivity index (χ2n) is 8.27. The van der Waals surface area contributed by atoms with E-state index in [1.165, 1.54) is 12.0 Å². The predicted octanol–water partition coefficient (Wildman–Crippen LogP) is 6.68. The zero-order chi connectivity index (χ0) is 21.6. The first-order chi connectivity index (χ1) is 13.7. The van der Waals surface area contributed by atoms with Crippen molar-refractivity contribution in [2.24, 2.45) is 0 Å². The molecule has 0 saturated carbocycles. The molecule has 0 unspecified atom stereocenters. The second kappa shape index (κ2) is 10.0. The fourth-order valence-electron chi connectivity index (χ4n) is 4.36. The van der Waals surface area contributed by atoms with Crippen LogP contribution in [-0.4, -0.2) is 26.5 Å². The minimum atomic E-state index is -1.92. The van der Waals surface area contributed by atoms with E-state index in [-0.39, 0.29) is 0 Å². The number of benzene rings is 1. The fourth-order valence-corrected chi connectivity index (χ4v) is 9.77. The number of methoxy groups -OCH3 is 1. The molecule has 0 radical (unpaired) electrons. The molecule has 0 bridgehead atoms. The van der Waals surface area contributed by atoms with E-state index in [1.54, 1.807) is 12.3 Å². The number of amides is 1. The molecule has 0 aliphatic carbocycles. The van der Waals surface area contributed by atoms with Gasteiger partial charge in [-0.15, -0.1) is 0 Å². The van der Waals surface area contributed by atoms with Gasteiger partial charge in [-0.3, -0.25) is 0 Å². The van der Waals surface area contributed by atoms with Gasteiger partial charge in [0.2, 0.25) is 8.32 Å². The molecule has 29 heavy (non-hydrogen) atoms. The molecule has 1 amide bonds. The molecule has 2 aromatic rings. The molecule has 0 aliphatic rings. The quantitative estimate of drug-likeness (QED) is 0.452. The number of anilines is 2. The van der Waals surface area contributed by atoms with Crippen molar-refractivity contribution in [3.8, 4) is 0 Å². The van der Waals surface area contributed by atoms with Gasteiger partial charge in [-0.1, -0.05) is 59.7 Å². The maximum Gasteiger partial charge on any atom is 0.419 e. The van der Waals surface area contributed by atoms with E-state index in [0.717, 1.165) is 5.56 Å². The van der Waals surface area contributed by atoms with Gasteiger partial charge in [0, 0.05) is 6.20 Å². The molecule has 0 N–H and O–H groups in total. The molecule has 158 valence electrons. The molecule has 0 aliphatic heterocycles. The molecule has 1 aromatic heterocycles. The fraction of sp³-hybridized carbons (Fsp3) is 0.478. The zero-order valence-electron chi connectivity index (χ0n) is 18.7. The number of hydrogen-bond acceptors (Lipinski definition) is 4. The van der Waals surface area contributed by atoms with Crippen LogP contribution in [0.4, 0.5) is 16.3 Å². The summed E-state index contributed by atoms with van der Waals surface area (Å²) >= 11 is 0. The zero-order valence-corrected chi connectivity index (χ0v) is 19.7. The lowest BCUT2D eigenvalue weighted by molar-refractivity contribution is 0.181. The molecular formula is C23H34N2O3Si. The van der Waals surface area contributed by atoms with Crippen molar-refractivity contribution in [1.29, 1.82) is 0 Å². The van der Waals surface area contributed by atoms with E-state index in [1.807, 2.05) is 36.4 Å². The van der Waals surface area contributed by atoms with E-state index >= 15 is 0 Å². The lowest BCUT2D eigenvalue weighted by Crippen LogP contribution is -2.47. The largest absolute Gasteiger partial charge is 0.452 e. The third-order valence-corrected chi connectivity index (χ3v) is 11.7. The van der Waals surface area contributed by atoms with Crippen LogP contribution in [0.3, 0.4) is 0 Å². The smallest absolute Gasteiger partial charge is 0.419 e. The van der Waals surface area contributed by atoms with E-state index < -0.39 is 14.4 Å². The number of carbonyl (C=O) groups excluding carboxylic acids is 1. The highest BCUT2D eigenvalue weighted by Gasteiger charge is 2.44. The summed E-state index contributed by atoms with van der Waals surface area (Å²) in [5, 5.41) is 0. The molecule has 6 heteroatoms. The average Bonchev–Trinajstić information content (AvgIpc) is 2.69. The molecule has 2 rings (SSSR count). The number of ether oxygens (including phenoxy) is 1. The van der Waals surface area contributed by atoms with Crippen LogP contribution in [0.2, 0.25) is 16.6 Å². The first kappa shape index (κ1) is 23.1. The third-order valence-electron chi connectivity index (χ3n) is 5.63. The van der Waals surface area contributed by atoms with Crippen molar-refractivity contribution in [2.45, 2.75) is 64.8 Å². The van der Waals surface area contributed by atoms with Crippen LogP contribution in [0.25, 0.3) is 0 Å². The first-order valence-corrected chi connectivity index (χ1v) is 12.4. The van der Waals surface area contributed by atoms with Crippen LogP contribution in [-0.2, 0) is 15.8 Å². The van der Waals surface area contributed by atoms with Gasteiger partial charge in [-0.2, -0.15) is 0 Å². The minimum absolute atomic E-state index is 0.474. The standard InChI is InChI=1S/C23H34N2O3Si/c1-17(2)29(18(3)4,19(5)6)28-16-20-11-13-21(14-12-20)25(23(26)27-7)22-10-8-9-15-24-22/h8-15,17-19H,16H2,1-7H3. The van der Waals surface area contributed by atoms with E-state index in [4.69, 9.17) is 9.16 Å². The number of rotatable bonds is 8. The highest BCUT2D eigenvalue weighted by molar-refractivity contribution is 6.77. The van der Waals surface area contributed by atoms with Crippen LogP contribution >= 0.6 is 0 Å². The Morgan fingerprint density at radius 3 is 2.00 bits per heavy atom. The molecular weight excluding hydrogens is 380 g/mol. The van der Waals surface area contributed by atoms with Crippen LogP contribution in [0.5, 0.6) is 0 Å². The summed E-state index contributed by atoms with van der Waals surface area (Å²) in [4.78, 5) is 18.1. The van der Waals surface area contributed by atoms with Crippen molar-refractivity contribution < 1.29 is 14.0 Å². The molecule has 1 aromatic carbocycles. The summed E-state index contributed by atoms with van der Waals surface area (Å²) in [6, 6.07) is 13.3. The SMILES string of the molecule is COC(=O)N(c1ccc(CO[Si](C(C)C)(C(C)C)C(C)C)cc1)c1ccccn1. The Hall–Kier alpha value is -2.18. The topological polar surface area (TPSA) is 51.7 Å². The number of nitrogens with zero attached hydrogens (tertiary/aromatic N) is 2. The van der Waals surface area contributed by atoms with Crippen LogP contribution in [0.15, 0.2) is 48.7 Å². The second-order valence-corrected chi connectivity index (χ2v) is 13.7. The number of hydrogen-bond donors (Lipinski definition) is 0. The molecule has 0 spiro atoms. The Balaban J connectivity index is 2.24. The van der Waals surface area contributed by atoms with Gasteiger partial charge >= 0.3 is 6.09 Å². The number of pyridine rings is 1. The summed E-state index contributed by atoms with van der Waals surface area (Å²) in [6.07, 6.45) is 1.18. The Labute approximate surface area is 176 Å². The van der Waals surface area contributed by atoms with Crippen molar-refractivity contribution in [3.05, 3.63) is 54.2 Å². The highest BCUT2D eigenvalue weighted by atomic mass is 28.4. The van der Waals surface area contributed by atoms with Gasteiger partial charge < -0.3 is 9.16 Å². The van der Waals surface area contributed by atoms with Crippen LogP contribution in [0.1, 0.15) is 47.1 Å². The van der Waals surface area contributed by atoms with Crippen molar-refractivity contribution in [1.82, 2.24) is 4.98 Å². The number of aromatic nitrogens is 1. The van der Waals surface area contributed by atoms with Gasteiger partial charge in [-0.05, 0) is 46.5 Å². The summed E-state index contributed by atoms with van der Waals surface area (Å²) in [5.74, 6) is 0.522. The van der Waals surface area contributed by atoms with Crippen LogP contribution in [0, 0.1) is 0 Å². The number of carbonyl (C=O) groups is 1. The molecule has 0 saturated heterocycles. The van der Waals surface area contributed by atoms with Gasteiger partial charge in [0.05, 0.1) is 19.4 Å². The Kier molecular flexibility index (Phi) is 7.99. The summed E-state index contributed by atoms with van der Waals surface area (Å²) in [6.45, 7) is 14.3. The maximum atomic E-state index is 12.3. The van der Waals surface area contributed by atoms with Crippen LogP contribution < -0.4 is 4.90 Å². The first-order valence-electron chi connectivity index (χ1n) is 10.3. The van der Waals surface area contributed by atoms with Gasteiger partial charge in [0.1, 0.15) is 5.82 Å². The summed E-state index contributed by atoms with van der Waals surface area (Å²) in [7, 11) is -0.547. The molecule has 0 atom stereocenters. The average molecular weight is 415 g/mol. The maximum absolute atomic E-state index is 12.3. The van der Waals surface area contributed by atoms with Gasteiger partial charge in [0.15, 0.2) is 0 Å². The Morgan fingerprint density at radius 1 is 0.966 bits per heavy atom. The van der Waals surface area contributed by atoms with Crippen molar-refractivity contribution in [2.75, 3.05) is 12.0 Å². The summed E-state index contributed by atoms with van der Waals surface area (Å²) in [5.41, 5.74) is 3.43. The molecule has 1 heterocycles. The summed E-state index contributed by atoms with van der Waals surface area (Å²) < 4.78 is 11.6. The predicted molar refractivity (Wildman–Crippen MR) is 121 cm³/mol. The normalized spacial score (nSPS) is 11.9. The lowest BCUT2D eigenvalue weighted by atomic mass is 10.2. The lowest BCUT2D eigenvalue weighted by Gasteiger charge is -2.42. The molecule has 5 nitrogen and oxygen atoms in total. The Morgan fingerprint density at radius 2 is 1.55 bits per heavy atom. The van der Waals surface area contributed by atoms with E-state index in [2.05, 4.69) is 46.5 Å². The van der Waals surface area contributed by atoms with Gasteiger partial charge in [0.25, 0.3) is 0 Å². The Bertz CT molecular complexity index is 755. The minimum Gasteiger partial charge on any atom is -0.452 e. The molecule has 0 fully saturated rings. The van der Waals surface area contributed by atoms with Crippen molar-refractivity contribution >= 4 is 25.9 Å². The monoisotopic (exact) mass is 414 g/mol. The van der Waals surface area contributed by atoms with E-state index in [9.17, 15) is 4.79 Å². The van der Waals surface area contributed by atoms with E-state index in [0.29, 0.717) is 34.7 Å². The van der Waals surface area contributed by atoms with Crippen molar-refractivity contribution in [3.63, 3.8) is 0 Å². The van der Waals surface area contributed by atoms with Gasteiger partial charge in [-0.25, -0.2) is 14.7 Å². The highest BCUT2D eigenvalue weighted by Crippen LogP contribution is 2.42. The third kappa shape index (κ3) is 5.06.